The molecule has 0 spiro atoms. The van der Waals surface area contributed by atoms with Gasteiger partial charge in [0.15, 0.2) is 11.7 Å². The Bertz CT molecular complexity index is 1020. The molecule has 10 nitrogen and oxygen atoms in total. The number of nitrogens with two attached hydrogens (primary N) is 1. The van der Waals surface area contributed by atoms with Crippen molar-refractivity contribution in [2.45, 2.75) is 0 Å². The Morgan fingerprint density at radius 2 is 2.03 bits per heavy atom. The molecule has 0 saturated carbocycles. The zero-order chi connectivity index (χ0) is 21.4. The Kier molecular flexibility index (Phi) is 6.81. The molecule has 6 N–H and O–H groups in total. The Labute approximate surface area is 164 Å². The van der Waals surface area contributed by atoms with Crippen molar-refractivity contribution in [3.63, 3.8) is 0 Å². The number of amidine groups is 1. The third-order valence-corrected chi connectivity index (χ3v) is 3.57. The molecule has 0 heterocycles. The lowest BCUT2D eigenvalue weighted by Gasteiger charge is -2.17. The van der Waals surface area contributed by atoms with E-state index in [1.165, 1.54) is 6.07 Å². The number of methoxy groups -OCH3 is 1. The number of carbonyl (C=O) groups is 2. The van der Waals surface area contributed by atoms with Crippen LogP contribution in [0.4, 0.5) is 27.1 Å². The van der Waals surface area contributed by atoms with Gasteiger partial charge in [0.25, 0.3) is 0 Å². The number of hydrogen-bond acceptors (Lipinski definition) is 8. The lowest BCUT2D eigenvalue weighted by atomic mass is 10.1. The number of halogens is 1. The normalized spacial score (nSPS) is 10.4. The molecule has 0 bridgehead atoms. The van der Waals surface area contributed by atoms with E-state index in [1.54, 1.807) is 36.4 Å². The van der Waals surface area contributed by atoms with Crippen molar-refractivity contribution in [2.24, 2.45) is 10.8 Å². The number of ether oxygens (including phenoxy) is 1. The van der Waals surface area contributed by atoms with E-state index in [9.17, 15) is 9.59 Å². The fourth-order valence-corrected chi connectivity index (χ4v) is 2.25. The summed E-state index contributed by atoms with van der Waals surface area (Å²) in [7, 11) is 1.13. The molecule has 29 heavy (non-hydrogen) atoms. The number of nitrogens with one attached hydrogen (secondary N) is 4. The number of amides is 1. The molecular formula is C18H16FN7O3. The van der Waals surface area contributed by atoms with Crippen molar-refractivity contribution < 1.29 is 18.7 Å². The number of hydrogen-bond donors (Lipinski definition) is 5. The van der Waals surface area contributed by atoms with Crippen LogP contribution >= 0.6 is 0 Å². The average Bonchev–Trinajstić information content (AvgIpc) is 2.72. The highest BCUT2D eigenvalue weighted by atomic mass is 19.1. The number of rotatable bonds is 8. The largest absolute Gasteiger partial charge is 0.465 e. The van der Waals surface area contributed by atoms with Gasteiger partial charge in [0.1, 0.15) is 11.8 Å². The first-order chi connectivity index (χ1) is 13.9. The minimum absolute atomic E-state index is 0.152. The molecule has 0 fully saturated rings. The van der Waals surface area contributed by atoms with Gasteiger partial charge in [0.2, 0.25) is 12.1 Å². The van der Waals surface area contributed by atoms with Gasteiger partial charge in [-0.3, -0.25) is 15.6 Å². The lowest BCUT2D eigenvalue weighted by Crippen LogP contribution is -2.22. The predicted octanol–water partition coefficient (Wildman–Crippen LogP) is 2.15. The van der Waals surface area contributed by atoms with Crippen LogP contribution in [0.5, 0.6) is 0 Å². The average molecular weight is 397 g/mol. The van der Waals surface area contributed by atoms with Gasteiger partial charge in [0.05, 0.1) is 24.0 Å². The van der Waals surface area contributed by atoms with Crippen LogP contribution in [0.1, 0.15) is 10.4 Å². The highest BCUT2D eigenvalue weighted by Crippen LogP contribution is 2.36. The molecule has 0 aromatic heterocycles. The van der Waals surface area contributed by atoms with Crippen LogP contribution in [0.15, 0.2) is 41.5 Å². The zero-order valence-electron chi connectivity index (χ0n) is 15.1. The van der Waals surface area contributed by atoms with E-state index in [0.717, 1.165) is 7.11 Å². The lowest BCUT2D eigenvalue weighted by molar-refractivity contribution is -0.105. The SMILES string of the molecule is COC(=O)c1cc(NC=O)c(N/N=C(\C#N)C(=N)N)c(F)c1Nc1ccccc1. The molecule has 1 amide bonds. The maximum absolute atomic E-state index is 15.3. The number of carbonyl (C=O) groups excluding carboxylic acids is 2. The van der Waals surface area contributed by atoms with Crippen LogP contribution in [0.3, 0.4) is 0 Å². The second-order valence-corrected chi connectivity index (χ2v) is 5.38. The molecule has 0 aliphatic heterocycles. The molecule has 2 rings (SSSR count). The Morgan fingerprint density at radius 1 is 1.34 bits per heavy atom. The van der Waals surface area contributed by atoms with Gasteiger partial charge < -0.3 is 21.1 Å². The molecule has 0 unspecified atom stereocenters. The number of nitrogens with zero attached hydrogens (tertiary/aromatic N) is 2. The van der Waals surface area contributed by atoms with Crippen LogP contribution in [-0.4, -0.2) is 31.0 Å². The van der Waals surface area contributed by atoms with Crippen molar-refractivity contribution >= 4 is 46.7 Å². The molecular weight excluding hydrogens is 381 g/mol. The van der Waals surface area contributed by atoms with Gasteiger partial charge in [-0.25, -0.2) is 9.18 Å². The monoisotopic (exact) mass is 397 g/mol. The van der Waals surface area contributed by atoms with Gasteiger partial charge in [-0.15, -0.1) is 0 Å². The molecule has 0 radical (unpaired) electrons. The summed E-state index contributed by atoms with van der Waals surface area (Å²) < 4.78 is 20.0. The summed E-state index contributed by atoms with van der Waals surface area (Å²) >= 11 is 0. The van der Waals surface area contributed by atoms with Crippen LogP contribution in [0.25, 0.3) is 0 Å². The number of hydrazone groups is 1. The second kappa shape index (κ2) is 9.47. The highest BCUT2D eigenvalue weighted by Gasteiger charge is 2.23. The highest BCUT2D eigenvalue weighted by molar-refractivity contribution is 6.45. The van der Waals surface area contributed by atoms with E-state index in [1.807, 2.05) is 0 Å². The summed E-state index contributed by atoms with van der Waals surface area (Å²) in [5.41, 5.74) is 6.49. The number of anilines is 4. The summed E-state index contributed by atoms with van der Waals surface area (Å²) in [4.78, 5) is 23.1. The molecule has 148 valence electrons. The summed E-state index contributed by atoms with van der Waals surface area (Å²) in [5, 5.41) is 24.8. The van der Waals surface area contributed by atoms with Gasteiger partial charge in [-0.2, -0.15) is 10.4 Å². The quantitative estimate of drug-likeness (QED) is 0.150. The number of para-hydroxylation sites is 1. The first-order valence-corrected chi connectivity index (χ1v) is 7.98. The molecule has 2 aromatic carbocycles. The molecule has 2 aromatic rings. The molecule has 0 aliphatic rings. The van der Waals surface area contributed by atoms with Gasteiger partial charge in [0, 0.05) is 5.69 Å². The minimum atomic E-state index is -0.995. The molecule has 11 heteroatoms. The van der Waals surface area contributed by atoms with E-state index < -0.39 is 23.3 Å². The fraction of sp³-hybridized carbons (Fsp3) is 0.0556. The van der Waals surface area contributed by atoms with E-state index in [4.69, 9.17) is 21.1 Å². The van der Waals surface area contributed by atoms with Crippen molar-refractivity contribution in [1.29, 1.82) is 10.7 Å². The van der Waals surface area contributed by atoms with Gasteiger partial charge in [-0.05, 0) is 18.2 Å². The molecule has 0 saturated heterocycles. The topological polar surface area (TPSA) is 165 Å². The van der Waals surface area contributed by atoms with Crippen LogP contribution in [-0.2, 0) is 9.53 Å². The van der Waals surface area contributed by atoms with E-state index in [0.29, 0.717) is 5.69 Å². The smallest absolute Gasteiger partial charge is 0.340 e. The second-order valence-electron chi connectivity index (χ2n) is 5.38. The van der Waals surface area contributed by atoms with Crippen LogP contribution in [0.2, 0.25) is 0 Å². The van der Waals surface area contributed by atoms with Crippen molar-refractivity contribution in [3.8, 4) is 6.07 Å². The summed E-state index contributed by atoms with van der Waals surface area (Å²) in [6.45, 7) is 0. The maximum Gasteiger partial charge on any atom is 0.340 e. The molecule has 0 atom stereocenters. The fourth-order valence-electron chi connectivity index (χ4n) is 2.25. The number of esters is 1. The Hall–Kier alpha value is -4.46. The molecule has 0 aliphatic carbocycles. The van der Waals surface area contributed by atoms with E-state index in [2.05, 4.69) is 21.2 Å². The first kappa shape index (κ1) is 20.8. The summed E-state index contributed by atoms with van der Waals surface area (Å²) in [5.74, 6) is -2.49. The van der Waals surface area contributed by atoms with Crippen molar-refractivity contribution in [2.75, 3.05) is 23.2 Å². The van der Waals surface area contributed by atoms with Crippen LogP contribution < -0.4 is 21.8 Å². The Balaban J connectivity index is 2.66. The number of benzene rings is 2. The van der Waals surface area contributed by atoms with E-state index >= 15 is 4.39 Å². The van der Waals surface area contributed by atoms with E-state index in [-0.39, 0.29) is 29.0 Å². The van der Waals surface area contributed by atoms with Gasteiger partial charge in [-0.1, -0.05) is 18.2 Å². The van der Waals surface area contributed by atoms with Gasteiger partial charge >= 0.3 is 5.97 Å². The van der Waals surface area contributed by atoms with Crippen molar-refractivity contribution in [1.82, 2.24) is 0 Å². The standard InChI is InChI=1S/C18H16FN7O3/c1-29-18(28)11-7-12(23-9-27)16(26-25-13(8-20)17(21)22)14(19)15(11)24-10-5-3-2-4-6-10/h2-7,9,24,26H,1H3,(H3,21,22)(H,23,27)/b25-13+. The van der Waals surface area contributed by atoms with Crippen molar-refractivity contribution in [3.05, 3.63) is 47.8 Å². The Morgan fingerprint density at radius 3 is 2.59 bits per heavy atom. The van der Waals surface area contributed by atoms with Crippen LogP contribution in [0, 0.1) is 22.6 Å². The third-order valence-electron chi connectivity index (χ3n) is 3.57. The number of nitriles is 1. The third kappa shape index (κ3) is 4.83. The zero-order valence-corrected chi connectivity index (χ0v) is 15.1. The summed E-state index contributed by atoms with van der Waals surface area (Å²) in [6.07, 6.45) is 0.269. The maximum atomic E-state index is 15.3. The summed E-state index contributed by atoms with van der Waals surface area (Å²) in [6, 6.07) is 11.2. The predicted molar refractivity (Wildman–Crippen MR) is 106 cm³/mol. The first-order valence-electron chi connectivity index (χ1n) is 7.98. The minimum Gasteiger partial charge on any atom is -0.465 e.